The Labute approximate surface area is 218 Å². The lowest BCUT2D eigenvalue weighted by Gasteiger charge is -2.23. The van der Waals surface area contributed by atoms with E-state index >= 15 is 0 Å². The number of aryl methyl sites for hydroxylation is 1. The molecule has 0 bridgehead atoms. The number of carbonyl (C=O) groups excluding carboxylic acids is 3. The van der Waals surface area contributed by atoms with Gasteiger partial charge in [-0.3, -0.25) is 14.4 Å². The van der Waals surface area contributed by atoms with Gasteiger partial charge in [0, 0.05) is 32.0 Å². The molecule has 2 N–H and O–H groups in total. The van der Waals surface area contributed by atoms with Gasteiger partial charge in [-0.25, -0.2) is 4.39 Å². The lowest BCUT2D eigenvalue weighted by Crippen LogP contribution is -2.43. The third-order valence-corrected chi connectivity index (χ3v) is 5.83. The van der Waals surface area contributed by atoms with E-state index in [0.29, 0.717) is 23.5 Å². The van der Waals surface area contributed by atoms with Gasteiger partial charge < -0.3 is 29.5 Å². The van der Waals surface area contributed by atoms with Crippen LogP contribution in [-0.2, 0) is 16.0 Å². The Morgan fingerprint density at radius 3 is 2.79 bits per heavy atom. The maximum absolute atomic E-state index is 14.0. The second kappa shape index (κ2) is 12.7. The smallest absolute Gasteiger partial charge is 0.255 e. The highest BCUT2D eigenvalue weighted by Crippen LogP contribution is 2.25. The Balaban J connectivity index is 1.37. The lowest BCUT2D eigenvalue weighted by molar-refractivity contribution is -0.136. The lowest BCUT2D eigenvalue weighted by atomic mass is 10.1. The first-order valence-corrected chi connectivity index (χ1v) is 12.2. The third kappa shape index (κ3) is 6.84. The highest BCUT2D eigenvalue weighted by molar-refractivity contribution is 5.97. The summed E-state index contributed by atoms with van der Waals surface area (Å²) >= 11 is 0. The first kappa shape index (κ1) is 26.6. The minimum absolute atomic E-state index is 0.0108. The second-order valence-corrected chi connectivity index (χ2v) is 8.48. The van der Waals surface area contributed by atoms with E-state index in [-0.39, 0.29) is 80.6 Å². The molecular weight excluding hydrogens is 497 g/mol. The number of nitrogens with zero attached hydrogens (tertiary/aromatic N) is 3. The van der Waals surface area contributed by atoms with Crippen LogP contribution in [0.1, 0.15) is 29.1 Å². The predicted molar refractivity (Wildman–Crippen MR) is 133 cm³/mol. The van der Waals surface area contributed by atoms with E-state index in [1.807, 2.05) is 0 Å². The summed E-state index contributed by atoms with van der Waals surface area (Å²) < 4.78 is 30.1. The van der Waals surface area contributed by atoms with Crippen molar-refractivity contribution in [2.24, 2.45) is 0 Å². The maximum atomic E-state index is 14.0. The topological polar surface area (TPSA) is 136 Å². The molecule has 0 aliphatic carbocycles. The number of hydrogen-bond acceptors (Lipinski definition) is 8. The molecule has 2 aromatic carbocycles. The Morgan fingerprint density at radius 1 is 1.13 bits per heavy atom. The zero-order chi connectivity index (χ0) is 26.9. The average Bonchev–Trinajstić information content (AvgIpc) is 3.39. The molecule has 1 aliphatic heterocycles. The highest BCUT2D eigenvalue weighted by atomic mass is 19.1. The molecule has 3 amide bonds. The van der Waals surface area contributed by atoms with Crippen molar-refractivity contribution < 1.29 is 32.8 Å². The van der Waals surface area contributed by atoms with Crippen molar-refractivity contribution in [3.05, 3.63) is 59.7 Å². The zero-order valence-electron chi connectivity index (χ0n) is 20.9. The van der Waals surface area contributed by atoms with Gasteiger partial charge in [0.2, 0.25) is 23.5 Å². The van der Waals surface area contributed by atoms with Crippen molar-refractivity contribution in [1.29, 1.82) is 0 Å². The molecule has 38 heavy (non-hydrogen) atoms. The van der Waals surface area contributed by atoms with Gasteiger partial charge in [0.05, 0.1) is 31.3 Å². The molecule has 3 aromatic rings. The molecule has 12 heteroatoms. The van der Waals surface area contributed by atoms with E-state index in [9.17, 15) is 18.8 Å². The predicted octanol–water partition coefficient (Wildman–Crippen LogP) is 1.97. The summed E-state index contributed by atoms with van der Waals surface area (Å²) in [4.78, 5) is 43.7. The van der Waals surface area contributed by atoms with Crippen molar-refractivity contribution in [2.75, 3.05) is 39.9 Å². The molecule has 0 atom stereocenters. The molecule has 0 radical (unpaired) electrons. The molecule has 0 spiro atoms. The third-order valence-electron chi connectivity index (χ3n) is 5.83. The van der Waals surface area contributed by atoms with Gasteiger partial charge in [-0.05, 0) is 30.7 Å². The summed E-state index contributed by atoms with van der Waals surface area (Å²) in [7, 11) is 1.52. The minimum Gasteiger partial charge on any atom is -0.497 e. The van der Waals surface area contributed by atoms with Gasteiger partial charge >= 0.3 is 0 Å². The van der Waals surface area contributed by atoms with Crippen molar-refractivity contribution in [2.45, 2.75) is 19.3 Å². The monoisotopic (exact) mass is 525 g/mol. The molecule has 0 saturated heterocycles. The molecule has 11 nitrogen and oxygen atoms in total. The number of aromatic nitrogens is 2. The largest absolute Gasteiger partial charge is 0.497 e. The van der Waals surface area contributed by atoms with Crippen molar-refractivity contribution in [1.82, 2.24) is 25.7 Å². The molecule has 2 heterocycles. The minimum atomic E-state index is -0.478. The van der Waals surface area contributed by atoms with Crippen LogP contribution >= 0.6 is 0 Å². The SMILES string of the molecule is COc1ccc2c(c1)OCCNC(=O)CN(C(=O)CCc1nc(-c3ccccc3F)no1)CCCNC2=O. The molecule has 1 aliphatic rings. The number of benzene rings is 2. The van der Waals surface area contributed by atoms with E-state index in [4.69, 9.17) is 14.0 Å². The number of fused-ring (bicyclic) bond motifs is 1. The summed E-state index contributed by atoms with van der Waals surface area (Å²) in [6.07, 6.45) is 0.565. The molecule has 1 aromatic heterocycles. The van der Waals surface area contributed by atoms with E-state index in [2.05, 4.69) is 20.8 Å². The fourth-order valence-electron chi connectivity index (χ4n) is 3.86. The van der Waals surface area contributed by atoms with Crippen LogP contribution in [0.2, 0.25) is 0 Å². The van der Waals surface area contributed by atoms with E-state index < -0.39 is 5.82 Å². The number of rotatable bonds is 5. The molecule has 0 saturated carbocycles. The Morgan fingerprint density at radius 2 is 1.97 bits per heavy atom. The van der Waals surface area contributed by atoms with Crippen molar-refractivity contribution >= 4 is 17.7 Å². The van der Waals surface area contributed by atoms with E-state index in [0.717, 1.165) is 0 Å². The number of methoxy groups -OCH3 is 1. The first-order chi connectivity index (χ1) is 18.4. The zero-order valence-corrected chi connectivity index (χ0v) is 20.9. The first-order valence-electron chi connectivity index (χ1n) is 12.2. The standard InChI is InChI=1S/C26H28FN5O6/c1-36-17-7-8-19-21(15-17)37-14-12-28-22(33)16-32(13-4-11-29-26(19)35)24(34)10-9-23-30-25(31-38-23)18-5-2-3-6-20(18)27/h2-3,5-8,15H,4,9-14,16H2,1H3,(H,28,33)(H,29,35). The Kier molecular flexibility index (Phi) is 8.85. The van der Waals surface area contributed by atoms with Crippen LogP contribution in [0.25, 0.3) is 11.4 Å². The highest BCUT2D eigenvalue weighted by Gasteiger charge is 2.20. The quantitative estimate of drug-likeness (QED) is 0.516. The molecule has 4 rings (SSSR count). The summed E-state index contributed by atoms with van der Waals surface area (Å²) in [5, 5.41) is 9.34. The average molecular weight is 526 g/mol. The van der Waals surface area contributed by atoms with Crippen LogP contribution in [0.4, 0.5) is 4.39 Å². The van der Waals surface area contributed by atoms with Crippen LogP contribution in [0.5, 0.6) is 11.5 Å². The van der Waals surface area contributed by atoms with Gasteiger partial charge in [0.1, 0.15) is 23.9 Å². The Hall–Kier alpha value is -4.48. The molecule has 0 fully saturated rings. The number of ether oxygens (including phenoxy) is 2. The maximum Gasteiger partial charge on any atom is 0.255 e. The number of amides is 3. The fraction of sp³-hybridized carbons (Fsp3) is 0.346. The summed E-state index contributed by atoms with van der Waals surface area (Å²) in [5.74, 6) is -0.253. The number of halogens is 1. The summed E-state index contributed by atoms with van der Waals surface area (Å²) in [6.45, 7) is 0.685. The summed E-state index contributed by atoms with van der Waals surface area (Å²) in [5.41, 5.74) is 0.546. The number of hydrogen-bond donors (Lipinski definition) is 2. The normalized spacial score (nSPS) is 14.9. The number of nitrogens with one attached hydrogen (secondary N) is 2. The van der Waals surface area contributed by atoms with Crippen LogP contribution in [0, 0.1) is 5.82 Å². The van der Waals surface area contributed by atoms with Gasteiger partial charge in [0.15, 0.2) is 0 Å². The fourth-order valence-corrected chi connectivity index (χ4v) is 3.86. The molecular formula is C26H28FN5O6. The van der Waals surface area contributed by atoms with Gasteiger partial charge in [-0.15, -0.1) is 0 Å². The van der Waals surface area contributed by atoms with Gasteiger partial charge in [-0.1, -0.05) is 17.3 Å². The van der Waals surface area contributed by atoms with E-state index in [1.165, 1.54) is 24.1 Å². The second-order valence-electron chi connectivity index (χ2n) is 8.48. The van der Waals surface area contributed by atoms with Crippen LogP contribution < -0.4 is 20.1 Å². The van der Waals surface area contributed by atoms with E-state index in [1.54, 1.807) is 30.3 Å². The summed E-state index contributed by atoms with van der Waals surface area (Å²) in [6, 6.07) is 10.9. The van der Waals surface area contributed by atoms with Gasteiger partial charge in [0.25, 0.3) is 5.91 Å². The number of carbonyl (C=O) groups is 3. The van der Waals surface area contributed by atoms with Crippen LogP contribution in [-0.4, -0.2) is 72.7 Å². The van der Waals surface area contributed by atoms with Crippen molar-refractivity contribution in [3.63, 3.8) is 0 Å². The van der Waals surface area contributed by atoms with Gasteiger partial charge in [-0.2, -0.15) is 4.98 Å². The van der Waals surface area contributed by atoms with Crippen LogP contribution in [0.15, 0.2) is 47.0 Å². The molecule has 200 valence electrons. The van der Waals surface area contributed by atoms with Crippen molar-refractivity contribution in [3.8, 4) is 22.9 Å². The molecule has 0 unspecified atom stereocenters. The van der Waals surface area contributed by atoms with Crippen LogP contribution in [0.3, 0.4) is 0 Å². The Bertz CT molecular complexity index is 1300.